The van der Waals surface area contributed by atoms with Gasteiger partial charge in [0.05, 0.1) is 28.9 Å². The topological polar surface area (TPSA) is 45.0 Å². The van der Waals surface area contributed by atoms with Crippen LogP contribution >= 0.6 is 11.6 Å². The maximum absolute atomic E-state index is 8.95. The summed E-state index contributed by atoms with van der Waals surface area (Å²) in [4.78, 5) is 0. The van der Waals surface area contributed by atoms with Crippen molar-refractivity contribution in [1.29, 1.82) is 5.26 Å². The first-order valence-electron chi connectivity index (χ1n) is 6.83. The van der Waals surface area contributed by atoms with Gasteiger partial charge in [0, 0.05) is 6.04 Å². The van der Waals surface area contributed by atoms with Gasteiger partial charge in [-0.25, -0.2) is 0 Å². The third-order valence-corrected chi connectivity index (χ3v) is 3.49. The second-order valence-electron chi connectivity index (χ2n) is 4.67. The van der Waals surface area contributed by atoms with Crippen LogP contribution in [-0.4, -0.2) is 6.61 Å². The Hall–Kier alpha value is -2.18. The molecule has 0 aliphatic rings. The molecular formula is C17H17ClN2O. The van der Waals surface area contributed by atoms with E-state index in [4.69, 9.17) is 21.6 Å². The molecule has 0 amide bonds. The molecule has 108 valence electrons. The first kappa shape index (κ1) is 15.2. The van der Waals surface area contributed by atoms with Crippen LogP contribution in [0.25, 0.3) is 0 Å². The fraction of sp³-hybridized carbons (Fsp3) is 0.235. The quantitative estimate of drug-likeness (QED) is 0.864. The summed E-state index contributed by atoms with van der Waals surface area (Å²) >= 11 is 6.16. The Kier molecular flexibility index (Phi) is 5.08. The largest absolute Gasteiger partial charge is 0.494 e. The Morgan fingerprint density at radius 1 is 1.24 bits per heavy atom. The van der Waals surface area contributed by atoms with Crippen LogP contribution in [-0.2, 0) is 0 Å². The molecule has 0 saturated heterocycles. The van der Waals surface area contributed by atoms with Gasteiger partial charge in [-0.3, -0.25) is 0 Å². The van der Waals surface area contributed by atoms with E-state index in [2.05, 4.69) is 11.4 Å². The number of ether oxygens (including phenoxy) is 1. The number of nitriles is 1. The zero-order valence-corrected chi connectivity index (χ0v) is 12.8. The van der Waals surface area contributed by atoms with Crippen LogP contribution in [0.15, 0.2) is 42.5 Å². The first-order valence-corrected chi connectivity index (χ1v) is 7.20. The van der Waals surface area contributed by atoms with E-state index in [9.17, 15) is 0 Å². The summed E-state index contributed by atoms with van der Waals surface area (Å²) < 4.78 is 5.43. The van der Waals surface area contributed by atoms with Crippen molar-refractivity contribution in [3.63, 3.8) is 0 Å². The molecule has 0 aliphatic carbocycles. The Morgan fingerprint density at radius 2 is 1.95 bits per heavy atom. The lowest BCUT2D eigenvalue weighted by molar-refractivity contribution is 0.340. The van der Waals surface area contributed by atoms with Gasteiger partial charge in [-0.1, -0.05) is 23.7 Å². The molecule has 1 atom stereocenters. The molecule has 0 aromatic heterocycles. The van der Waals surface area contributed by atoms with E-state index in [1.807, 2.05) is 38.1 Å². The highest BCUT2D eigenvalue weighted by molar-refractivity contribution is 6.33. The molecule has 0 radical (unpaired) electrons. The predicted octanol–water partition coefficient (Wildman–Crippen LogP) is 4.78. The number of nitrogens with zero attached hydrogens (tertiary/aromatic N) is 1. The van der Waals surface area contributed by atoms with E-state index in [1.165, 1.54) is 0 Å². The molecule has 2 rings (SSSR count). The van der Waals surface area contributed by atoms with E-state index in [0.29, 0.717) is 17.2 Å². The highest BCUT2D eigenvalue weighted by Crippen LogP contribution is 2.27. The van der Waals surface area contributed by atoms with Crippen LogP contribution in [0.2, 0.25) is 5.02 Å². The number of hydrogen-bond acceptors (Lipinski definition) is 3. The molecule has 3 nitrogen and oxygen atoms in total. The molecule has 2 aromatic rings. The Morgan fingerprint density at radius 3 is 2.57 bits per heavy atom. The van der Waals surface area contributed by atoms with Gasteiger partial charge in [0.25, 0.3) is 0 Å². The normalized spacial score (nSPS) is 11.5. The number of benzene rings is 2. The van der Waals surface area contributed by atoms with Gasteiger partial charge in [-0.15, -0.1) is 0 Å². The second kappa shape index (κ2) is 7.01. The van der Waals surface area contributed by atoms with Crippen LogP contribution < -0.4 is 10.1 Å². The van der Waals surface area contributed by atoms with Crippen molar-refractivity contribution in [2.24, 2.45) is 0 Å². The van der Waals surface area contributed by atoms with E-state index in [1.54, 1.807) is 18.2 Å². The van der Waals surface area contributed by atoms with Crippen LogP contribution in [0.4, 0.5) is 5.69 Å². The minimum atomic E-state index is 0.0760. The standard InChI is InChI=1S/C17H17ClN2O/c1-3-21-15-7-5-14(6-8-15)12(2)20-17-10-13(11-19)4-9-16(17)18/h4-10,12,20H,3H2,1-2H3. The van der Waals surface area contributed by atoms with E-state index >= 15 is 0 Å². The molecule has 0 heterocycles. The van der Waals surface area contributed by atoms with Crippen molar-refractivity contribution in [3.8, 4) is 11.8 Å². The van der Waals surface area contributed by atoms with Gasteiger partial charge < -0.3 is 10.1 Å². The lowest BCUT2D eigenvalue weighted by Crippen LogP contribution is -2.07. The fourth-order valence-electron chi connectivity index (χ4n) is 2.04. The maximum atomic E-state index is 8.95. The molecule has 21 heavy (non-hydrogen) atoms. The van der Waals surface area contributed by atoms with Gasteiger partial charge in [0.1, 0.15) is 5.75 Å². The minimum Gasteiger partial charge on any atom is -0.494 e. The number of hydrogen-bond donors (Lipinski definition) is 1. The monoisotopic (exact) mass is 300 g/mol. The average molecular weight is 301 g/mol. The summed E-state index contributed by atoms with van der Waals surface area (Å²) in [6.45, 7) is 4.66. The van der Waals surface area contributed by atoms with Crippen LogP contribution in [0, 0.1) is 11.3 Å². The smallest absolute Gasteiger partial charge is 0.119 e. The minimum absolute atomic E-state index is 0.0760. The summed E-state index contributed by atoms with van der Waals surface area (Å²) in [6, 6.07) is 15.3. The van der Waals surface area contributed by atoms with Crippen molar-refractivity contribution < 1.29 is 4.74 Å². The number of anilines is 1. The average Bonchev–Trinajstić information content (AvgIpc) is 2.50. The number of halogens is 1. The highest BCUT2D eigenvalue weighted by atomic mass is 35.5. The molecular weight excluding hydrogens is 284 g/mol. The van der Waals surface area contributed by atoms with Crippen molar-refractivity contribution in [1.82, 2.24) is 0 Å². The summed E-state index contributed by atoms with van der Waals surface area (Å²) in [5.74, 6) is 0.859. The van der Waals surface area contributed by atoms with Crippen LogP contribution in [0.3, 0.4) is 0 Å². The Bertz CT molecular complexity index is 647. The molecule has 0 aliphatic heterocycles. The number of nitrogens with one attached hydrogen (secondary N) is 1. The Balaban J connectivity index is 2.14. The fourth-order valence-corrected chi connectivity index (χ4v) is 2.21. The van der Waals surface area contributed by atoms with E-state index in [-0.39, 0.29) is 6.04 Å². The van der Waals surface area contributed by atoms with Crippen molar-refractivity contribution >= 4 is 17.3 Å². The summed E-state index contributed by atoms with van der Waals surface area (Å²) in [5, 5.41) is 12.9. The summed E-state index contributed by atoms with van der Waals surface area (Å²) in [6.07, 6.45) is 0. The van der Waals surface area contributed by atoms with Crippen molar-refractivity contribution in [3.05, 3.63) is 58.6 Å². The lowest BCUT2D eigenvalue weighted by Gasteiger charge is -2.17. The SMILES string of the molecule is CCOc1ccc(C(C)Nc2cc(C#N)ccc2Cl)cc1. The Labute approximate surface area is 130 Å². The van der Waals surface area contributed by atoms with Gasteiger partial charge >= 0.3 is 0 Å². The molecule has 1 unspecified atom stereocenters. The maximum Gasteiger partial charge on any atom is 0.119 e. The summed E-state index contributed by atoms with van der Waals surface area (Å²) in [5.41, 5.74) is 2.47. The molecule has 0 bridgehead atoms. The molecule has 0 saturated carbocycles. The van der Waals surface area contributed by atoms with Gasteiger partial charge in [-0.2, -0.15) is 5.26 Å². The summed E-state index contributed by atoms with van der Waals surface area (Å²) in [7, 11) is 0. The van der Waals surface area contributed by atoms with Crippen molar-refractivity contribution in [2.75, 3.05) is 11.9 Å². The third-order valence-electron chi connectivity index (χ3n) is 3.16. The highest BCUT2D eigenvalue weighted by Gasteiger charge is 2.09. The van der Waals surface area contributed by atoms with E-state index < -0.39 is 0 Å². The molecule has 4 heteroatoms. The van der Waals surface area contributed by atoms with Gasteiger partial charge in [0.15, 0.2) is 0 Å². The molecule has 1 N–H and O–H groups in total. The lowest BCUT2D eigenvalue weighted by atomic mass is 10.1. The number of rotatable bonds is 5. The first-order chi connectivity index (χ1) is 10.1. The van der Waals surface area contributed by atoms with Crippen LogP contribution in [0.5, 0.6) is 5.75 Å². The zero-order valence-electron chi connectivity index (χ0n) is 12.1. The van der Waals surface area contributed by atoms with Crippen LogP contribution in [0.1, 0.15) is 31.0 Å². The van der Waals surface area contributed by atoms with E-state index in [0.717, 1.165) is 17.0 Å². The van der Waals surface area contributed by atoms with Gasteiger partial charge in [-0.05, 0) is 49.7 Å². The molecule has 0 fully saturated rings. The zero-order chi connectivity index (χ0) is 15.2. The molecule has 0 spiro atoms. The van der Waals surface area contributed by atoms with Crippen molar-refractivity contribution in [2.45, 2.75) is 19.9 Å². The van der Waals surface area contributed by atoms with Gasteiger partial charge in [0.2, 0.25) is 0 Å². The predicted molar refractivity (Wildman–Crippen MR) is 85.8 cm³/mol. The second-order valence-corrected chi connectivity index (χ2v) is 5.08. The third kappa shape index (κ3) is 3.90. The molecule has 2 aromatic carbocycles.